The van der Waals surface area contributed by atoms with Crippen molar-refractivity contribution in [3.05, 3.63) is 57.3 Å². The number of carbonyl (C=O) groups excluding carboxylic acids is 1. The molecule has 18 heavy (non-hydrogen) atoms. The predicted molar refractivity (Wildman–Crippen MR) is 73.7 cm³/mol. The highest BCUT2D eigenvalue weighted by molar-refractivity contribution is 6.37. The van der Waals surface area contributed by atoms with Crippen LogP contribution in [0.1, 0.15) is 10.4 Å². The first kappa shape index (κ1) is 13.1. The van der Waals surface area contributed by atoms with E-state index in [0.29, 0.717) is 21.3 Å². The molecule has 0 aliphatic rings. The highest BCUT2D eigenvalue weighted by Crippen LogP contribution is 2.26. The Bertz CT molecular complexity index is 602. The molecular formula is C12H7Cl3N2O. The summed E-state index contributed by atoms with van der Waals surface area (Å²) in [6.45, 7) is 0. The zero-order chi connectivity index (χ0) is 13.1. The van der Waals surface area contributed by atoms with E-state index in [4.69, 9.17) is 34.8 Å². The highest BCUT2D eigenvalue weighted by Gasteiger charge is 2.12. The van der Waals surface area contributed by atoms with Crippen LogP contribution in [-0.2, 0) is 0 Å². The highest BCUT2D eigenvalue weighted by atomic mass is 35.5. The molecule has 6 heteroatoms. The van der Waals surface area contributed by atoms with E-state index >= 15 is 0 Å². The molecule has 1 aromatic carbocycles. The lowest BCUT2D eigenvalue weighted by molar-refractivity contribution is 0.102. The predicted octanol–water partition coefficient (Wildman–Crippen LogP) is 4.29. The third-order valence-electron chi connectivity index (χ3n) is 2.19. The van der Waals surface area contributed by atoms with Crippen molar-refractivity contribution in [1.29, 1.82) is 0 Å². The number of nitrogens with zero attached hydrogens (tertiary/aromatic N) is 1. The Morgan fingerprint density at radius 2 is 1.89 bits per heavy atom. The molecule has 0 radical (unpaired) electrons. The van der Waals surface area contributed by atoms with Gasteiger partial charge in [0.1, 0.15) is 0 Å². The summed E-state index contributed by atoms with van der Waals surface area (Å²) >= 11 is 17.7. The summed E-state index contributed by atoms with van der Waals surface area (Å²) in [5.41, 5.74) is 0.754. The smallest absolute Gasteiger partial charge is 0.257 e. The maximum absolute atomic E-state index is 12.0. The zero-order valence-electron chi connectivity index (χ0n) is 8.95. The molecule has 0 atom stereocenters. The minimum atomic E-state index is -0.369. The van der Waals surface area contributed by atoms with Crippen LogP contribution in [0.2, 0.25) is 15.1 Å². The molecule has 0 saturated carbocycles. The van der Waals surface area contributed by atoms with Crippen molar-refractivity contribution in [2.45, 2.75) is 0 Å². The van der Waals surface area contributed by atoms with Crippen LogP contribution in [-0.4, -0.2) is 10.9 Å². The molecule has 0 unspecified atom stereocenters. The van der Waals surface area contributed by atoms with Gasteiger partial charge in [0.15, 0.2) is 0 Å². The number of pyridine rings is 1. The molecule has 1 heterocycles. The van der Waals surface area contributed by atoms with E-state index < -0.39 is 0 Å². The molecule has 0 spiro atoms. The van der Waals surface area contributed by atoms with Gasteiger partial charge in [-0.25, -0.2) is 0 Å². The van der Waals surface area contributed by atoms with Gasteiger partial charge >= 0.3 is 0 Å². The van der Waals surface area contributed by atoms with E-state index in [1.54, 1.807) is 18.2 Å². The van der Waals surface area contributed by atoms with E-state index in [9.17, 15) is 4.79 Å². The Morgan fingerprint density at radius 3 is 2.61 bits per heavy atom. The Labute approximate surface area is 119 Å². The van der Waals surface area contributed by atoms with Gasteiger partial charge in [-0.3, -0.25) is 9.78 Å². The molecule has 1 amide bonds. The quantitative estimate of drug-likeness (QED) is 0.899. The largest absolute Gasteiger partial charge is 0.321 e. The first-order chi connectivity index (χ1) is 8.58. The van der Waals surface area contributed by atoms with Crippen molar-refractivity contribution in [3.8, 4) is 0 Å². The summed E-state index contributed by atoms with van der Waals surface area (Å²) in [6.07, 6.45) is 2.89. The van der Waals surface area contributed by atoms with Crippen LogP contribution in [0.4, 0.5) is 5.69 Å². The van der Waals surface area contributed by atoms with E-state index in [1.165, 1.54) is 18.5 Å². The van der Waals surface area contributed by atoms with Gasteiger partial charge in [-0.1, -0.05) is 34.8 Å². The lowest BCUT2D eigenvalue weighted by Crippen LogP contribution is -2.12. The topological polar surface area (TPSA) is 42.0 Å². The fourth-order valence-corrected chi connectivity index (χ4v) is 1.88. The number of amides is 1. The van der Waals surface area contributed by atoms with Gasteiger partial charge in [0.05, 0.1) is 21.3 Å². The van der Waals surface area contributed by atoms with Crippen molar-refractivity contribution in [1.82, 2.24) is 4.98 Å². The number of rotatable bonds is 2. The second-order valence-corrected chi connectivity index (χ2v) is 4.68. The second-order valence-electron chi connectivity index (χ2n) is 3.43. The van der Waals surface area contributed by atoms with Crippen LogP contribution < -0.4 is 5.32 Å². The molecule has 92 valence electrons. The van der Waals surface area contributed by atoms with Gasteiger partial charge in [0, 0.05) is 17.4 Å². The Balaban J connectivity index is 2.27. The van der Waals surface area contributed by atoms with Crippen LogP contribution in [0.15, 0.2) is 36.7 Å². The Morgan fingerprint density at radius 1 is 1.11 bits per heavy atom. The van der Waals surface area contributed by atoms with Crippen molar-refractivity contribution in [2.24, 2.45) is 0 Å². The molecule has 0 bridgehead atoms. The number of carbonyl (C=O) groups is 1. The fraction of sp³-hybridized carbons (Fsp3) is 0. The SMILES string of the molecule is O=C(Nc1cc(Cl)ccc1Cl)c1ccncc1Cl. The maximum atomic E-state index is 12.0. The van der Waals surface area contributed by atoms with Crippen molar-refractivity contribution < 1.29 is 4.79 Å². The van der Waals surface area contributed by atoms with Crippen LogP contribution in [0.3, 0.4) is 0 Å². The van der Waals surface area contributed by atoms with Crippen LogP contribution in [0, 0.1) is 0 Å². The summed E-state index contributed by atoms with van der Waals surface area (Å²) in [5.74, 6) is -0.369. The van der Waals surface area contributed by atoms with Crippen molar-refractivity contribution in [2.75, 3.05) is 5.32 Å². The minimum absolute atomic E-state index is 0.271. The number of benzene rings is 1. The summed E-state index contributed by atoms with van der Waals surface area (Å²) in [7, 11) is 0. The summed E-state index contributed by atoms with van der Waals surface area (Å²) in [4.78, 5) is 15.8. The first-order valence-electron chi connectivity index (χ1n) is 4.94. The standard InChI is InChI=1S/C12H7Cl3N2O/c13-7-1-2-9(14)11(5-7)17-12(18)8-3-4-16-6-10(8)15/h1-6H,(H,17,18). The molecule has 3 nitrogen and oxygen atoms in total. The molecule has 0 aliphatic carbocycles. The lowest BCUT2D eigenvalue weighted by atomic mass is 10.2. The molecule has 1 N–H and O–H groups in total. The monoisotopic (exact) mass is 300 g/mol. The van der Waals surface area contributed by atoms with Crippen LogP contribution in [0.5, 0.6) is 0 Å². The summed E-state index contributed by atoms with van der Waals surface area (Å²) in [6, 6.07) is 6.33. The zero-order valence-corrected chi connectivity index (χ0v) is 11.2. The van der Waals surface area contributed by atoms with Crippen LogP contribution >= 0.6 is 34.8 Å². The number of halogens is 3. The van der Waals surface area contributed by atoms with E-state index in [2.05, 4.69) is 10.3 Å². The molecule has 1 aromatic heterocycles. The molecule has 2 aromatic rings. The van der Waals surface area contributed by atoms with Crippen molar-refractivity contribution in [3.63, 3.8) is 0 Å². The maximum Gasteiger partial charge on any atom is 0.257 e. The first-order valence-corrected chi connectivity index (χ1v) is 6.07. The van der Waals surface area contributed by atoms with Gasteiger partial charge in [0.2, 0.25) is 0 Å². The minimum Gasteiger partial charge on any atom is -0.321 e. The third kappa shape index (κ3) is 2.93. The van der Waals surface area contributed by atoms with Gasteiger partial charge in [-0.05, 0) is 24.3 Å². The summed E-state index contributed by atoms with van der Waals surface area (Å²) < 4.78 is 0. The van der Waals surface area contributed by atoms with Crippen LogP contribution in [0.25, 0.3) is 0 Å². The number of hydrogen-bond donors (Lipinski definition) is 1. The van der Waals surface area contributed by atoms with Gasteiger partial charge < -0.3 is 5.32 Å². The Hall–Kier alpha value is -1.29. The normalized spacial score (nSPS) is 10.2. The molecule has 0 aliphatic heterocycles. The van der Waals surface area contributed by atoms with Gasteiger partial charge in [-0.15, -0.1) is 0 Å². The average Bonchev–Trinajstić information content (AvgIpc) is 2.34. The van der Waals surface area contributed by atoms with E-state index in [0.717, 1.165) is 0 Å². The average molecular weight is 302 g/mol. The van der Waals surface area contributed by atoms with Crippen molar-refractivity contribution >= 4 is 46.4 Å². The third-order valence-corrected chi connectivity index (χ3v) is 3.06. The lowest BCUT2D eigenvalue weighted by Gasteiger charge is -2.08. The number of nitrogens with one attached hydrogen (secondary N) is 1. The molecular weight excluding hydrogens is 295 g/mol. The van der Waals surface area contributed by atoms with E-state index in [-0.39, 0.29) is 10.9 Å². The summed E-state index contributed by atoms with van der Waals surface area (Å²) in [5, 5.41) is 3.79. The van der Waals surface area contributed by atoms with Gasteiger partial charge in [-0.2, -0.15) is 0 Å². The molecule has 2 rings (SSSR count). The number of anilines is 1. The Kier molecular flexibility index (Phi) is 4.07. The second kappa shape index (κ2) is 5.57. The number of hydrogen-bond acceptors (Lipinski definition) is 2. The number of aromatic nitrogens is 1. The van der Waals surface area contributed by atoms with Gasteiger partial charge in [0.25, 0.3) is 5.91 Å². The fourth-order valence-electron chi connectivity index (χ4n) is 1.34. The molecule has 0 fully saturated rings. The molecule has 0 saturated heterocycles. The van der Waals surface area contributed by atoms with E-state index in [1.807, 2.05) is 0 Å².